The smallest absolute Gasteiger partial charge is 0.455 e. The molecule has 7 rings (SSSR count). The summed E-state index contributed by atoms with van der Waals surface area (Å²) in [5.41, 5.74) is 5.88. The molecule has 3 saturated heterocycles. The molecule has 4 atom stereocenters. The van der Waals surface area contributed by atoms with Gasteiger partial charge in [-0.05, 0) is 92.3 Å². The van der Waals surface area contributed by atoms with E-state index in [0.29, 0.717) is 31.1 Å². The highest BCUT2D eigenvalue weighted by Gasteiger charge is 2.58. The van der Waals surface area contributed by atoms with Gasteiger partial charge >= 0.3 is 7.12 Å². The molecule has 0 saturated carbocycles. The number of phenolic OH excluding ortho intramolecular Hbond substituents is 1. The summed E-state index contributed by atoms with van der Waals surface area (Å²) >= 11 is 0. The molecule has 0 radical (unpaired) electrons. The maximum atomic E-state index is 14.2. The van der Waals surface area contributed by atoms with Crippen LogP contribution >= 0.6 is 0 Å². The van der Waals surface area contributed by atoms with Crippen LogP contribution in [0.2, 0.25) is 6.32 Å². The van der Waals surface area contributed by atoms with Gasteiger partial charge in [-0.25, -0.2) is 0 Å². The number of rotatable bonds is 8. The van der Waals surface area contributed by atoms with Crippen LogP contribution in [-0.4, -0.2) is 69.1 Å². The van der Waals surface area contributed by atoms with E-state index in [4.69, 9.17) is 4.65 Å². The molecule has 3 aromatic rings. The number of hydrogen-bond acceptors (Lipinski definition) is 7. The van der Waals surface area contributed by atoms with Gasteiger partial charge in [0.1, 0.15) is 5.75 Å². The summed E-state index contributed by atoms with van der Waals surface area (Å²) in [6.07, 6.45) is 6.88. The minimum atomic E-state index is -1.01. The van der Waals surface area contributed by atoms with Gasteiger partial charge in [0.05, 0.1) is 23.6 Å². The molecule has 4 heterocycles. The van der Waals surface area contributed by atoms with E-state index in [9.17, 15) is 19.7 Å². The number of aromatic hydroxyl groups is 1. The van der Waals surface area contributed by atoms with E-state index >= 15 is 0 Å². The van der Waals surface area contributed by atoms with Crippen LogP contribution in [0.3, 0.4) is 0 Å². The Hall–Kier alpha value is -4.05. The van der Waals surface area contributed by atoms with Crippen LogP contribution in [0.15, 0.2) is 90.1 Å². The quantitative estimate of drug-likeness (QED) is 0.190. The number of fused-ring (bicyclic) bond motifs is 3. The fourth-order valence-electron chi connectivity index (χ4n) is 8.39. The number of piperidine rings is 1. The summed E-state index contributed by atoms with van der Waals surface area (Å²) < 4.78 is 6.19. The molecular weight excluding hydrogens is 589 g/mol. The lowest BCUT2D eigenvalue weighted by Gasteiger charge is -2.42. The van der Waals surface area contributed by atoms with Crippen molar-refractivity contribution in [3.63, 3.8) is 0 Å². The number of nitrogens with zero attached hydrogens (tertiary/aromatic N) is 3. The first-order valence-electron chi connectivity index (χ1n) is 16.9. The van der Waals surface area contributed by atoms with Crippen molar-refractivity contribution in [2.45, 2.75) is 64.0 Å². The molecule has 8 nitrogen and oxygen atoms in total. The van der Waals surface area contributed by atoms with Gasteiger partial charge in [0.2, 0.25) is 11.8 Å². The van der Waals surface area contributed by atoms with E-state index in [1.165, 1.54) is 5.56 Å². The Kier molecular flexibility index (Phi) is 9.12. The van der Waals surface area contributed by atoms with E-state index in [2.05, 4.69) is 41.1 Å². The number of carbonyl (C=O) groups is 2. The molecule has 0 unspecified atom stereocenters. The largest absolute Gasteiger partial charge is 0.507 e. The molecule has 2 amide bonds. The summed E-state index contributed by atoms with van der Waals surface area (Å²) in [6, 6.07) is 23.3. The van der Waals surface area contributed by atoms with Crippen molar-refractivity contribution in [2.75, 3.05) is 13.1 Å². The van der Waals surface area contributed by atoms with Gasteiger partial charge in [-0.1, -0.05) is 60.2 Å². The number of aromatic nitrogens is 1. The number of hydrogen-bond donors (Lipinski definition) is 2. The maximum absolute atomic E-state index is 14.2. The molecule has 242 valence electrons. The molecule has 4 aliphatic rings. The third-order valence-corrected chi connectivity index (χ3v) is 10.6. The molecule has 0 spiro atoms. The fourth-order valence-corrected chi connectivity index (χ4v) is 8.39. The highest BCUT2D eigenvalue weighted by Crippen LogP contribution is 2.51. The topological polar surface area (TPSA) is 103 Å². The Labute approximate surface area is 276 Å². The molecule has 3 aliphatic heterocycles. The molecule has 2 aromatic carbocycles. The zero-order chi connectivity index (χ0) is 32.5. The van der Waals surface area contributed by atoms with Gasteiger partial charge in [-0.2, -0.15) is 0 Å². The van der Waals surface area contributed by atoms with Gasteiger partial charge < -0.3 is 14.8 Å². The lowest BCUT2D eigenvalue weighted by molar-refractivity contribution is -0.144. The summed E-state index contributed by atoms with van der Waals surface area (Å²) in [5.74, 6) is -0.995. The molecule has 0 bridgehead atoms. The van der Waals surface area contributed by atoms with Crippen molar-refractivity contribution in [2.24, 2.45) is 17.8 Å². The number of imide groups is 1. The van der Waals surface area contributed by atoms with Gasteiger partial charge in [-0.15, -0.1) is 0 Å². The molecule has 9 heteroatoms. The van der Waals surface area contributed by atoms with Crippen LogP contribution < -0.4 is 0 Å². The summed E-state index contributed by atoms with van der Waals surface area (Å²) in [5, 5.41) is 21.4. The molecule has 1 aromatic heterocycles. The first-order valence-corrected chi connectivity index (χ1v) is 16.9. The Morgan fingerprint density at radius 1 is 0.979 bits per heavy atom. The van der Waals surface area contributed by atoms with Crippen LogP contribution in [0.25, 0.3) is 11.6 Å². The predicted molar refractivity (Wildman–Crippen MR) is 181 cm³/mol. The molecular formula is C38H42BN3O5. The fraction of sp³-hybridized carbons (Fsp3) is 0.395. The average molecular weight is 632 g/mol. The summed E-state index contributed by atoms with van der Waals surface area (Å²) in [7, 11) is -1.01. The lowest BCUT2D eigenvalue weighted by atomic mass is 9.58. The van der Waals surface area contributed by atoms with Crippen LogP contribution in [0, 0.1) is 17.8 Å². The average Bonchev–Trinajstić information content (AvgIpc) is 3.33. The zero-order valence-electron chi connectivity index (χ0n) is 26.9. The van der Waals surface area contributed by atoms with Crippen molar-refractivity contribution in [3.05, 3.63) is 107 Å². The molecule has 3 fully saturated rings. The van der Waals surface area contributed by atoms with Gasteiger partial charge in [-0.3, -0.25) is 24.4 Å². The molecule has 47 heavy (non-hydrogen) atoms. The van der Waals surface area contributed by atoms with Crippen LogP contribution in [0.5, 0.6) is 5.75 Å². The SMILES string of the molecule is CC1=C2[C@@H](CC/C(=C/c3ccccc3O)c3ccccn3)OB(O)C[C@@H]2[C@@H]2C(=O)N(C3CCN(Cc4ccccc4)CC3)C(=O)[C@@H]2C1. The Balaban J connectivity index is 1.08. The van der Waals surface area contributed by atoms with E-state index < -0.39 is 13.0 Å². The van der Waals surface area contributed by atoms with Crippen molar-refractivity contribution in [1.29, 1.82) is 0 Å². The van der Waals surface area contributed by atoms with E-state index in [-0.39, 0.29) is 41.5 Å². The number of likely N-dealkylation sites (tertiary alicyclic amines) is 2. The second kappa shape index (κ2) is 13.6. The zero-order valence-corrected chi connectivity index (χ0v) is 26.9. The minimum absolute atomic E-state index is 0.0412. The highest BCUT2D eigenvalue weighted by molar-refractivity contribution is 6.43. The van der Waals surface area contributed by atoms with Crippen molar-refractivity contribution < 1.29 is 24.4 Å². The number of amides is 2. The first kappa shape index (κ1) is 31.5. The van der Waals surface area contributed by atoms with E-state index in [1.54, 1.807) is 23.2 Å². The first-order chi connectivity index (χ1) is 22.9. The monoisotopic (exact) mass is 631 g/mol. The van der Waals surface area contributed by atoms with Gasteiger partial charge in [0.15, 0.2) is 0 Å². The van der Waals surface area contributed by atoms with Gasteiger partial charge in [0.25, 0.3) is 0 Å². The number of para-hydroxylation sites is 1. The maximum Gasteiger partial charge on any atom is 0.455 e. The minimum Gasteiger partial charge on any atom is -0.507 e. The summed E-state index contributed by atoms with van der Waals surface area (Å²) in [6.45, 7) is 4.63. The normalized spacial score (nSPS) is 25.7. The van der Waals surface area contributed by atoms with Crippen LogP contribution in [0.1, 0.15) is 55.8 Å². The summed E-state index contributed by atoms with van der Waals surface area (Å²) in [4.78, 5) is 36.7. The third-order valence-electron chi connectivity index (χ3n) is 10.6. The van der Waals surface area contributed by atoms with Crippen molar-refractivity contribution in [1.82, 2.24) is 14.8 Å². The molecule has 1 aliphatic carbocycles. The number of allylic oxidation sites excluding steroid dienone is 2. The number of benzene rings is 2. The van der Waals surface area contributed by atoms with Crippen molar-refractivity contribution in [3.8, 4) is 5.75 Å². The predicted octanol–water partition coefficient (Wildman–Crippen LogP) is 5.59. The number of carbonyl (C=O) groups excluding carboxylic acids is 2. The number of pyridine rings is 1. The Morgan fingerprint density at radius 2 is 1.72 bits per heavy atom. The lowest BCUT2D eigenvalue weighted by Crippen LogP contribution is -2.48. The number of phenols is 1. The van der Waals surface area contributed by atoms with Crippen molar-refractivity contribution >= 4 is 30.6 Å². The highest BCUT2D eigenvalue weighted by atomic mass is 16.5. The second-order valence-electron chi connectivity index (χ2n) is 13.5. The van der Waals surface area contributed by atoms with Crippen LogP contribution in [-0.2, 0) is 20.8 Å². The Bertz CT molecular complexity index is 1670. The van der Waals surface area contributed by atoms with Crippen LogP contribution in [0.4, 0.5) is 0 Å². The Morgan fingerprint density at radius 3 is 2.47 bits per heavy atom. The second-order valence-corrected chi connectivity index (χ2v) is 13.5. The van der Waals surface area contributed by atoms with E-state index in [1.807, 2.05) is 42.5 Å². The van der Waals surface area contributed by atoms with Gasteiger partial charge in [0, 0.05) is 37.4 Å². The molecule has 2 N–H and O–H groups in total. The standard InChI is InChI=1S/C38H42BN3O5/c1-25-21-30-36(38(45)42(37(30)44)29-16-19-41(20-17-29)24-26-9-3-2-4-10-26)31-23-39(46)47-34(35(25)31)15-14-27(32-12-7-8-18-40-32)22-28-11-5-6-13-33(28)43/h2-13,18,22,29-31,34,36,43,46H,14-17,19-21,23-24H2,1H3/b27-22-/t30-,31+,34-,36-/m1/s1. The van der Waals surface area contributed by atoms with E-state index in [0.717, 1.165) is 54.9 Å². The third kappa shape index (κ3) is 6.44.